The van der Waals surface area contributed by atoms with Gasteiger partial charge in [0.25, 0.3) is 5.56 Å². The summed E-state index contributed by atoms with van der Waals surface area (Å²) in [5.74, 6) is -0.0698. The Morgan fingerprint density at radius 2 is 1.96 bits per heavy atom. The van der Waals surface area contributed by atoms with Crippen LogP contribution >= 0.6 is 0 Å². The van der Waals surface area contributed by atoms with Gasteiger partial charge in [-0.2, -0.15) is 5.10 Å². The second-order valence-corrected chi connectivity index (χ2v) is 6.13. The standard InChI is InChI=1S/C19H23N5O2/c1-3-5-11-22(4-2)17(25)13-23-14-20-18-16(19(23)26)12-21-24(18)15-9-7-6-8-10-15/h6-10,12,14H,3-5,11,13H2,1-2H3. The molecular formula is C19H23N5O2. The molecule has 136 valence electrons. The van der Waals surface area contributed by atoms with Crippen molar-refractivity contribution in [2.24, 2.45) is 0 Å². The van der Waals surface area contributed by atoms with Gasteiger partial charge in [0, 0.05) is 13.1 Å². The fourth-order valence-electron chi connectivity index (χ4n) is 2.87. The van der Waals surface area contributed by atoms with Gasteiger partial charge >= 0.3 is 0 Å². The maximum absolute atomic E-state index is 12.7. The Hall–Kier alpha value is -2.96. The zero-order chi connectivity index (χ0) is 18.5. The molecule has 0 aliphatic carbocycles. The van der Waals surface area contributed by atoms with Gasteiger partial charge in [0.1, 0.15) is 18.3 Å². The summed E-state index contributed by atoms with van der Waals surface area (Å²) >= 11 is 0. The number of amides is 1. The van der Waals surface area contributed by atoms with Crippen molar-refractivity contribution in [2.45, 2.75) is 33.2 Å². The summed E-state index contributed by atoms with van der Waals surface area (Å²) < 4.78 is 2.98. The second kappa shape index (κ2) is 7.95. The normalized spacial score (nSPS) is 11.0. The third-order valence-corrected chi connectivity index (χ3v) is 4.38. The van der Waals surface area contributed by atoms with Crippen molar-refractivity contribution >= 4 is 16.9 Å². The quantitative estimate of drug-likeness (QED) is 0.653. The van der Waals surface area contributed by atoms with Gasteiger partial charge in [-0.3, -0.25) is 14.2 Å². The molecule has 1 aromatic carbocycles. The van der Waals surface area contributed by atoms with Crippen molar-refractivity contribution in [1.82, 2.24) is 24.2 Å². The number of hydrogen-bond donors (Lipinski definition) is 0. The molecule has 7 nitrogen and oxygen atoms in total. The summed E-state index contributed by atoms with van der Waals surface area (Å²) in [6, 6.07) is 9.52. The molecule has 0 atom stereocenters. The van der Waals surface area contributed by atoms with Crippen molar-refractivity contribution in [3.05, 3.63) is 53.2 Å². The van der Waals surface area contributed by atoms with E-state index in [0.717, 1.165) is 18.5 Å². The van der Waals surface area contributed by atoms with Gasteiger partial charge in [0.2, 0.25) is 5.91 Å². The number of benzene rings is 1. The molecule has 1 amide bonds. The molecule has 0 fully saturated rings. The molecule has 0 radical (unpaired) electrons. The molecule has 7 heteroatoms. The Labute approximate surface area is 151 Å². The van der Waals surface area contributed by atoms with Crippen LogP contribution in [0.5, 0.6) is 0 Å². The monoisotopic (exact) mass is 353 g/mol. The number of hydrogen-bond acceptors (Lipinski definition) is 4. The van der Waals surface area contributed by atoms with Gasteiger partial charge in [-0.1, -0.05) is 31.5 Å². The number of fused-ring (bicyclic) bond motifs is 1. The largest absolute Gasteiger partial charge is 0.341 e. The number of nitrogens with zero attached hydrogens (tertiary/aromatic N) is 5. The molecule has 0 bridgehead atoms. The maximum Gasteiger partial charge on any atom is 0.264 e. The lowest BCUT2D eigenvalue weighted by Crippen LogP contribution is -2.37. The molecule has 0 saturated heterocycles. The van der Waals surface area contributed by atoms with E-state index in [2.05, 4.69) is 17.0 Å². The highest BCUT2D eigenvalue weighted by Crippen LogP contribution is 2.13. The molecule has 0 N–H and O–H groups in total. The van der Waals surface area contributed by atoms with Gasteiger partial charge in [-0.15, -0.1) is 0 Å². The maximum atomic E-state index is 12.7. The highest BCUT2D eigenvalue weighted by Gasteiger charge is 2.16. The fraction of sp³-hybridized carbons (Fsp3) is 0.368. The molecule has 0 unspecified atom stereocenters. The van der Waals surface area contributed by atoms with Crippen LogP contribution in [0.2, 0.25) is 0 Å². The van der Waals surface area contributed by atoms with E-state index in [4.69, 9.17) is 0 Å². The van der Waals surface area contributed by atoms with Crippen LogP contribution in [0.25, 0.3) is 16.7 Å². The molecule has 0 aliphatic rings. The number of carbonyl (C=O) groups is 1. The summed E-state index contributed by atoms with van der Waals surface area (Å²) in [4.78, 5) is 31.4. The lowest BCUT2D eigenvalue weighted by molar-refractivity contribution is -0.131. The minimum atomic E-state index is -0.253. The van der Waals surface area contributed by atoms with E-state index in [1.165, 1.54) is 17.1 Å². The molecule has 3 rings (SSSR count). The van der Waals surface area contributed by atoms with Gasteiger partial charge < -0.3 is 4.90 Å². The molecule has 2 aromatic heterocycles. The van der Waals surface area contributed by atoms with E-state index >= 15 is 0 Å². The Morgan fingerprint density at radius 1 is 1.19 bits per heavy atom. The number of para-hydroxylation sites is 1. The topological polar surface area (TPSA) is 73.0 Å². The predicted molar refractivity (Wildman–Crippen MR) is 100 cm³/mol. The molecule has 2 heterocycles. The average Bonchev–Trinajstić information content (AvgIpc) is 3.10. The second-order valence-electron chi connectivity index (χ2n) is 6.13. The van der Waals surface area contributed by atoms with Gasteiger partial charge in [-0.25, -0.2) is 9.67 Å². The lowest BCUT2D eigenvalue weighted by Gasteiger charge is -2.20. The summed E-state index contributed by atoms with van der Waals surface area (Å²) in [5, 5.41) is 4.69. The summed E-state index contributed by atoms with van der Waals surface area (Å²) in [7, 11) is 0. The molecule has 0 spiro atoms. The van der Waals surface area contributed by atoms with Crippen molar-refractivity contribution in [3.8, 4) is 5.69 Å². The van der Waals surface area contributed by atoms with Crippen LogP contribution < -0.4 is 5.56 Å². The van der Waals surface area contributed by atoms with Crippen LogP contribution in [-0.2, 0) is 11.3 Å². The first-order valence-electron chi connectivity index (χ1n) is 8.92. The third-order valence-electron chi connectivity index (χ3n) is 4.38. The lowest BCUT2D eigenvalue weighted by atomic mass is 10.3. The summed E-state index contributed by atoms with van der Waals surface area (Å²) in [5.41, 5.74) is 1.07. The van der Waals surface area contributed by atoms with Crippen LogP contribution in [0.4, 0.5) is 0 Å². The van der Waals surface area contributed by atoms with Crippen LogP contribution in [0, 0.1) is 0 Å². The minimum absolute atomic E-state index is 0.00412. The molecule has 26 heavy (non-hydrogen) atoms. The van der Waals surface area contributed by atoms with E-state index < -0.39 is 0 Å². The average molecular weight is 353 g/mol. The van der Waals surface area contributed by atoms with Crippen molar-refractivity contribution in [1.29, 1.82) is 0 Å². The fourth-order valence-corrected chi connectivity index (χ4v) is 2.87. The molecule has 3 aromatic rings. The number of unbranched alkanes of at least 4 members (excludes halogenated alkanes) is 1. The highest BCUT2D eigenvalue weighted by atomic mass is 16.2. The van der Waals surface area contributed by atoms with Crippen molar-refractivity contribution in [3.63, 3.8) is 0 Å². The van der Waals surface area contributed by atoms with Gasteiger partial charge in [0.05, 0.1) is 11.9 Å². The van der Waals surface area contributed by atoms with E-state index in [1.54, 1.807) is 9.58 Å². The van der Waals surface area contributed by atoms with Crippen LogP contribution in [-0.4, -0.2) is 43.2 Å². The van der Waals surface area contributed by atoms with Gasteiger partial charge in [0.15, 0.2) is 5.65 Å². The van der Waals surface area contributed by atoms with Crippen molar-refractivity contribution in [2.75, 3.05) is 13.1 Å². The van der Waals surface area contributed by atoms with Crippen molar-refractivity contribution < 1.29 is 4.79 Å². The Kier molecular flexibility index (Phi) is 5.46. The first-order valence-corrected chi connectivity index (χ1v) is 8.92. The third kappa shape index (κ3) is 3.51. The first-order chi connectivity index (χ1) is 12.7. The van der Waals surface area contributed by atoms with E-state index in [0.29, 0.717) is 24.1 Å². The Bertz CT molecular complexity index is 945. The predicted octanol–water partition coefficient (Wildman–Crippen LogP) is 2.23. The van der Waals surface area contributed by atoms with Crippen LogP contribution in [0.15, 0.2) is 47.7 Å². The molecular weight excluding hydrogens is 330 g/mol. The number of rotatable bonds is 7. The minimum Gasteiger partial charge on any atom is -0.341 e. The molecule has 0 aliphatic heterocycles. The first kappa shape index (κ1) is 17.8. The Morgan fingerprint density at radius 3 is 2.65 bits per heavy atom. The van der Waals surface area contributed by atoms with E-state index in [-0.39, 0.29) is 18.0 Å². The SMILES string of the molecule is CCCCN(CC)C(=O)Cn1cnc2c(cnn2-c2ccccc2)c1=O. The number of aromatic nitrogens is 4. The van der Waals surface area contributed by atoms with Gasteiger partial charge in [-0.05, 0) is 25.5 Å². The van der Waals surface area contributed by atoms with Crippen LogP contribution in [0.1, 0.15) is 26.7 Å². The zero-order valence-electron chi connectivity index (χ0n) is 15.1. The Balaban J connectivity index is 1.89. The highest BCUT2D eigenvalue weighted by molar-refractivity contribution is 5.78. The summed E-state index contributed by atoms with van der Waals surface area (Å²) in [6.45, 7) is 5.37. The van der Waals surface area contributed by atoms with E-state index in [1.807, 2.05) is 37.3 Å². The zero-order valence-corrected chi connectivity index (χ0v) is 15.1. The molecule has 0 saturated carbocycles. The summed E-state index contributed by atoms with van der Waals surface area (Å²) in [6.07, 6.45) is 4.91. The van der Waals surface area contributed by atoms with Crippen LogP contribution in [0.3, 0.4) is 0 Å². The van der Waals surface area contributed by atoms with E-state index in [9.17, 15) is 9.59 Å². The smallest absolute Gasteiger partial charge is 0.264 e. The number of likely N-dealkylation sites (N-methyl/N-ethyl adjacent to an activating group) is 1. The number of carbonyl (C=O) groups excluding carboxylic acids is 1.